The Morgan fingerprint density at radius 2 is 2.41 bits per heavy atom. The molecule has 2 aromatic heterocycles. The molecule has 0 fully saturated rings. The molecule has 0 spiro atoms. The van der Waals surface area contributed by atoms with Crippen LogP contribution >= 0.6 is 15.9 Å². The van der Waals surface area contributed by atoms with Crippen LogP contribution in [0, 0.1) is 0 Å². The third-order valence-electron chi connectivity index (χ3n) is 1.73. The molecule has 2 N–H and O–H groups in total. The number of nitrogens with one attached hydrogen (secondary N) is 2. The van der Waals surface area contributed by atoms with E-state index in [1.54, 1.807) is 24.4 Å². The summed E-state index contributed by atoms with van der Waals surface area (Å²) in [5, 5.41) is 15.1. The summed E-state index contributed by atoms with van der Waals surface area (Å²) in [4.78, 5) is 15.5. The van der Waals surface area contributed by atoms with Crippen molar-refractivity contribution in [3.63, 3.8) is 0 Å². The third-order valence-corrected chi connectivity index (χ3v) is 2.22. The molecule has 2 rings (SSSR count). The van der Waals surface area contributed by atoms with Gasteiger partial charge in [0.25, 0.3) is 11.9 Å². The molecule has 0 atom stereocenters. The van der Waals surface area contributed by atoms with Gasteiger partial charge in [0.1, 0.15) is 0 Å². The van der Waals surface area contributed by atoms with Gasteiger partial charge in [-0.15, -0.1) is 5.10 Å². The summed E-state index contributed by atoms with van der Waals surface area (Å²) < 4.78 is 0.894. The first-order valence-corrected chi connectivity index (χ1v) is 5.37. The van der Waals surface area contributed by atoms with Crippen molar-refractivity contribution >= 4 is 33.9 Å². The Labute approximate surface area is 104 Å². The predicted octanol–water partition coefficient (Wildman–Crippen LogP) is 1.01. The molecular weight excluding hydrogens is 288 g/mol. The largest absolute Gasteiger partial charge is 0.288 e. The molecule has 8 heteroatoms. The summed E-state index contributed by atoms with van der Waals surface area (Å²) in [5.74, 6) is -0.227. The molecule has 86 valence electrons. The second-order valence-electron chi connectivity index (χ2n) is 2.96. The lowest BCUT2D eigenvalue weighted by atomic mass is 10.3. The van der Waals surface area contributed by atoms with E-state index in [-0.39, 0.29) is 11.9 Å². The highest BCUT2D eigenvalue weighted by molar-refractivity contribution is 9.10. The summed E-state index contributed by atoms with van der Waals surface area (Å²) in [5.41, 5.74) is 0.669. The van der Waals surface area contributed by atoms with Crippen molar-refractivity contribution in [2.45, 2.75) is 0 Å². The van der Waals surface area contributed by atoms with Crippen LogP contribution < -0.4 is 5.32 Å². The standard InChI is InChI=1S/C9H7BrN6O/c10-6-3-4-11-7(5-6)1-2-8(17)12-9-13-15-16-14-9/h1-5H,(H2,12,13,14,15,16,17). The monoisotopic (exact) mass is 294 g/mol. The fourth-order valence-corrected chi connectivity index (χ4v) is 1.39. The SMILES string of the molecule is O=C(C=Cc1cc(Br)ccn1)Nc1nn[nH]n1. The second kappa shape index (κ2) is 5.30. The van der Waals surface area contributed by atoms with E-state index in [0.717, 1.165) is 4.47 Å². The highest BCUT2D eigenvalue weighted by atomic mass is 79.9. The van der Waals surface area contributed by atoms with Crippen LogP contribution in [0.15, 0.2) is 28.9 Å². The maximum Gasteiger partial charge on any atom is 0.270 e. The molecule has 2 heterocycles. The van der Waals surface area contributed by atoms with E-state index in [4.69, 9.17) is 0 Å². The van der Waals surface area contributed by atoms with Crippen LogP contribution in [0.2, 0.25) is 0 Å². The zero-order chi connectivity index (χ0) is 12.1. The number of hydrogen-bond donors (Lipinski definition) is 2. The van der Waals surface area contributed by atoms with Gasteiger partial charge in [0.2, 0.25) is 0 Å². The van der Waals surface area contributed by atoms with Crippen molar-refractivity contribution in [3.8, 4) is 0 Å². The molecule has 0 unspecified atom stereocenters. The molecule has 2 aromatic rings. The Hall–Kier alpha value is -2.09. The summed E-state index contributed by atoms with van der Waals surface area (Å²) in [6, 6.07) is 3.59. The number of halogens is 1. The molecule has 0 saturated carbocycles. The first-order chi connectivity index (χ1) is 8.24. The van der Waals surface area contributed by atoms with E-state index in [9.17, 15) is 4.79 Å². The molecule has 0 radical (unpaired) electrons. The van der Waals surface area contributed by atoms with Gasteiger partial charge in [-0.3, -0.25) is 15.1 Å². The number of aromatic amines is 1. The molecule has 0 aliphatic rings. The summed E-state index contributed by atoms with van der Waals surface area (Å²) >= 11 is 3.31. The lowest BCUT2D eigenvalue weighted by Gasteiger charge is -1.94. The Balaban J connectivity index is 1.99. The van der Waals surface area contributed by atoms with Crippen LogP contribution in [0.25, 0.3) is 6.08 Å². The number of amides is 1. The van der Waals surface area contributed by atoms with E-state index >= 15 is 0 Å². The smallest absolute Gasteiger partial charge is 0.270 e. The van der Waals surface area contributed by atoms with E-state index in [2.05, 4.69) is 46.9 Å². The lowest BCUT2D eigenvalue weighted by molar-refractivity contribution is -0.111. The van der Waals surface area contributed by atoms with E-state index in [1.807, 2.05) is 0 Å². The van der Waals surface area contributed by atoms with Gasteiger partial charge in [0.05, 0.1) is 5.69 Å². The fourth-order valence-electron chi connectivity index (χ4n) is 1.04. The minimum atomic E-state index is -0.354. The summed E-state index contributed by atoms with van der Waals surface area (Å²) in [6.45, 7) is 0. The number of aromatic nitrogens is 5. The Bertz CT molecular complexity index is 538. The number of tetrazole rings is 1. The van der Waals surface area contributed by atoms with Crippen LogP contribution in [0.5, 0.6) is 0 Å². The zero-order valence-corrected chi connectivity index (χ0v) is 10.0. The van der Waals surface area contributed by atoms with E-state index in [0.29, 0.717) is 5.69 Å². The highest BCUT2D eigenvalue weighted by Gasteiger charge is 2.01. The van der Waals surface area contributed by atoms with Gasteiger partial charge >= 0.3 is 0 Å². The third kappa shape index (κ3) is 3.45. The van der Waals surface area contributed by atoms with Gasteiger partial charge in [-0.05, 0) is 23.4 Å². The van der Waals surface area contributed by atoms with E-state index < -0.39 is 0 Å². The fraction of sp³-hybridized carbons (Fsp3) is 0. The molecule has 0 aromatic carbocycles. The maximum atomic E-state index is 11.4. The first kappa shape index (κ1) is 11.4. The molecule has 0 aliphatic heterocycles. The van der Waals surface area contributed by atoms with Gasteiger partial charge in [-0.1, -0.05) is 21.0 Å². The number of H-pyrrole nitrogens is 1. The van der Waals surface area contributed by atoms with Gasteiger partial charge in [0, 0.05) is 16.7 Å². The molecule has 1 amide bonds. The summed E-state index contributed by atoms with van der Waals surface area (Å²) in [7, 11) is 0. The van der Waals surface area contributed by atoms with Crippen LogP contribution in [0.1, 0.15) is 5.69 Å². The van der Waals surface area contributed by atoms with Crippen molar-refractivity contribution in [1.82, 2.24) is 25.6 Å². The first-order valence-electron chi connectivity index (χ1n) is 4.58. The maximum absolute atomic E-state index is 11.4. The number of pyridine rings is 1. The van der Waals surface area contributed by atoms with Crippen LogP contribution in [0.4, 0.5) is 5.95 Å². The topological polar surface area (TPSA) is 96.5 Å². The molecular formula is C9H7BrN6O. The van der Waals surface area contributed by atoms with Gasteiger partial charge in [-0.2, -0.15) is 5.21 Å². The van der Waals surface area contributed by atoms with Gasteiger partial charge in [-0.25, -0.2) is 0 Å². The number of nitrogens with zero attached hydrogens (tertiary/aromatic N) is 4. The van der Waals surface area contributed by atoms with E-state index in [1.165, 1.54) is 6.08 Å². The van der Waals surface area contributed by atoms with Crippen molar-refractivity contribution in [2.24, 2.45) is 0 Å². The normalized spacial score (nSPS) is 10.6. The second-order valence-corrected chi connectivity index (χ2v) is 3.87. The Kier molecular flexibility index (Phi) is 3.55. The van der Waals surface area contributed by atoms with Crippen molar-refractivity contribution in [3.05, 3.63) is 34.6 Å². The number of rotatable bonds is 3. The molecule has 0 saturated heterocycles. The lowest BCUT2D eigenvalue weighted by Crippen LogP contribution is -2.09. The summed E-state index contributed by atoms with van der Waals surface area (Å²) in [6.07, 6.45) is 4.56. The van der Waals surface area contributed by atoms with Gasteiger partial charge < -0.3 is 0 Å². The van der Waals surface area contributed by atoms with Crippen LogP contribution in [0.3, 0.4) is 0 Å². The number of carbonyl (C=O) groups is 1. The molecule has 17 heavy (non-hydrogen) atoms. The Morgan fingerprint density at radius 3 is 3.12 bits per heavy atom. The van der Waals surface area contributed by atoms with Crippen molar-refractivity contribution in [1.29, 1.82) is 0 Å². The Morgan fingerprint density at radius 1 is 1.53 bits per heavy atom. The molecule has 7 nitrogen and oxygen atoms in total. The molecule has 0 bridgehead atoms. The van der Waals surface area contributed by atoms with Gasteiger partial charge in [0.15, 0.2) is 0 Å². The van der Waals surface area contributed by atoms with Crippen LogP contribution in [-0.4, -0.2) is 31.5 Å². The highest BCUT2D eigenvalue weighted by Crippen LogP contribution is 2.10. The number of anilines is 1. The average molecular weight is 295 g/mol. The van der Waals surface area contributed by atoms with Crippen molar-refractivity contribution < 1.29 is 4.79 Å². The quantitative estimate of drug-likeness (QED) is 0.824. The number of hydrogen-bond acceptors (Lipinski definition) is 5. The predicted molar refractivity (Wildman–Crippen MR) is 63.8 cm³/mol. The van der Waals surface area contributed by atoms with Crippen molar-refractivity contribution in [2.75, 3.05) is 5.32 Å². The minimum absolute atomic E-state index is 0.127. The minimum Gasteiger partial charge on any atom is -0.288 e. The van der Waals surface area contributed by atoms with Crippen LogP contribution in [-0.2, 0) is 4.79 Å². The zero-order valence-electron chi connectivity index (χ0n) is 8.46. The average Bonchev–Trinajstić information content (AvgIpc) is 2.79. The molecule has 0 aliphatic carbocycles. The number of carbonyl (C=O) groups excluding carboxylic acids is 1.